The summed E-state index contributed by atoms with van der Waals surface area (Å²) in [4.78, 5) is 10.8. The third kappa shape index (κ3) is 5.77. The van der Waals surface area contributed by atoms with E-state index in [0.29, 0.717) is 0 Å². The van der Waals surface area contributed by atoms with Crippen LogP contribution in [0.25, 0.3) is 0 Å². The maximum absolute atomic E-state index is 10.8. The Labute approximate surface area is 113 Å². The fourth-order valence-corrected chi connectivity index (χ4v) is 1.53. The van der Waals surface area contributed by atoms with Gasteiger partial charge in [-0.25, -0.2) is 4.79 Å². The highest BCUT2D eigenvalue weighted by Crippen LogP contribution is 2.17. The summed E-state index contributed by atoms with van der Waals surface area (Å²) in [5.41, 5.74) is 1.16. The number of carbonyl (C=O) groups excluding carboxylic acids is 1. The SMILES string of the molecule is COC(=O)/C=C/C=C/NCCc1ccccc1OC. The third-order valence-electron chi connectivity index (χ3n) is 2.49. The molecule has 0 radical (unpaired) electrons. The Morgan fingerprint density at radius 1 is 1.26 bits per heavy atom. The van der Waals surface area contributed by atoms with Crippen LogP contribution in [0.5, 0.6) is 5.75 Å². The molecular formula is C15H19NO3. The molecule has 0 fully saturated rings. The van der Waals surface area contributed by atoms with Crippen LogP contribution >= 0.6 is 0 Å². The van der Waals surface area contributed by atoms with Crippen molar-refractivity contribution in [1.82, 2.24) is 5.32 Å². The van der Waals surface area contributed by atoms with Gasteiger partial charge < -0.3 is 14.8 Å². The van der Waals surface area contributed by atoms with Crippen molar-refractivity contribution in [3.8, 4) is 5.75 Å². The molecule has 4 nitrogen and oxygen atoms in total. The number of hydrogen-bond acceptors (Lipinski definition) is 4. The summed E-state index contributed by atoms with van der Waals surface area (Å²) in [6.45, 7) is 0.795. The lowest BCUT2D eigenvalue weighted by molar-refractivity contribution is -0.134. The van der Waals surface area contributed by atoms with Crippen molar-refractivity contribution in [2.45, 2.75) is 6.42 Å². The number of carbonyl (C=O) groups is 1. The van der Waals surface area contributed by atoms with E-state index >= 15 is 0 Å². The van der Waals surface area contributed by atoms with Crippen molar-refractivity contribution in [2.75, 3.05) is 20.8 Å². The van der Waals surface area contributed by atoms with Gasteiger partial charge in [0.2, 0.25) is 0 Å². The molecule has 0 saturated carbocycles. The molecule has 0 bridgehead atoms. The Kier molecular flexibility index (Phi) is 6.87. The minimum Gasteiger partial charge on any atom is -0.496 e. The summed E-state index contributed by atoms with van der Waals surface area (Å²) in [5, 5.41) is 3.14. The van der Waals surface area contributed by atoms with E-state index in [1.54, 1.807) is 25.5 Å². The van der Waals surface area contributed by atoms with Gasteiger partial charge in [-0.1, -0.05) is 24.3 Å². The van der Waals surface area contributed by atoms with Crippen molar-refractivity contribution in [1.29, 1.82) is 0 Å². The van der Waals surface area contributed by atoms with Crippen molar-refractivity contribution >= 4 is 5.97 Å². The van der Waals surface area contributed by atoms with E-state index in [9.17, 15) is 4.79 Å². The molecule has 102 valence electrons. The number of ether oxygens (including phenoxy) is 2. The zero-order chi connectivity index (χ0) is 13.9. The molecule has 0 unspecified atom stereocenters. The van der Waals surface area contributed by atoms with E-state index in [-0.39, 0.29) is 5.97 Å². The highest BCUT2D eigenvalue weighted by molar-refractivity contribution is 5.82. The Morgan fingerprint density at radius 3 is 2.79 bits per heavy atom. The highest BCUT2D eigenvalue weighted by atomic mass is 16.5. The highest BCUT2D eigenvalue weighted by Gasteiger charge is 1.99. The minimum absolute atomic E-state index is 0.362. The molecule has 1 N–H and O–H groups in total. The number of hydrogen-bond donors (Lipinski definition) is 1. The monoisotopic (exact) mass is 261 g/mol. The molecule has 0 aliphatic rings. The second kappa shape index (κ2) is 8.80. The topological polar surface area (TPSA) is 47.6 Å². The summed E-state index contributed by atoms with van der Waals surface area (Å²) in [6, 6.07) is 7.94. The predicted octanol–water partition coefficient (Wildman–Crippen LogP) is 2.07. The lowest BCUT2D eigenvalue weighted by atomic mass is 10.1. The van der Waals surface area contributed by atoms with E-state index in [1.165, 1.54) is 13.2 Å². The number of methoxy groups -OCH3 is 2. The Balaban J connectivity index is 2.29. The molecular weight excluding hydrogens is 242 g/mol. The van der Waals surface area contributed by atoms with E-state index in [4.69, 9.17) is 4.74 Å². The first-order valence-electron chi connectivity index (χ1n) is 6.04. The number of para-hydroxylation sites is 1. The Morgan fingerprint density at radius 2 is 2.05 bits per heavy atom. The van der Waals surface area contributed by atoms with Crippen LogP contribution in [0.4, 0.5) is 0 Å². The summed E-state index contributed by atoms with van der Waals surface area (Å²) >= 11 is 0. The van der Waals surface area contributed by atoms with Gasteiger partial charge in [0.25, 0.3) is 0 Å². The van der Waals surface area contributed by atoms with Crippen LogP contribution in [0.2, 0.25) is 0 Å². The van der Waals surface area contributed by atoms with Crippen LogP contribution in [0.15, 0.2) is 48.7 Å². The van der Waals surface area contributed by atoms with Crippen LogP contribution in [0.3, 0.4) is 0 Å². The second-order valence-corrected chi connectivity index (χ2v) is 3.76. The average molecular weight is 261 g/mol. The first-order valence-corrected chi connectivity index (χ1v) is 6.04. The first kappa shape index (κ1) is 14.8. The molecule has 0 aliphatic heterocycles. The number of allylic oxidation sites excluding steroid dienone is 2. The molecule has 0 saturated heterocycles. The Bertz CT molecular complexity index is 452. The molecule has 0 atom stereocenters. The lowest BCUT2D eigenvalue weighted by Crippen LogP contribution is -2.10. The number of benzene rings is 1. The van der Waals surface area contributed by atoms with Crippen molar-refractivity contribution in [2.24, 2.45) is 0 Å². The number of esters is 1. The molecule has 1 aromatic rings. The van der Waals surface area contributed by atoms with Gasteiger partial charge in [0.05, 0.1) is 14.2 Å². The quantitative estimate of drug-likeness (QED) is 0.353. The van der Waals surface area contributed by atoms with Gasteiger partial charge in [-0.2, -0.15) is 0 Å². The third-order valence-corrected chi connectivity index (χ3v) is 2.49. The zero-order valence-electron chi connectivity index (χ0n) is 11.3. The van der Waals surface area contributed by atoms with Crippen LogP contribution in [0.1, 0.15) is 5.56 Å². The Hall–Kier alpha value is -2.23. The summed E-state index contributed by atoms with van der Waals surface area (Å²) in [6.07, 6.45) is 7.39. The maximum Gasteiger partial charge on any atom is 0.330 e. The maximum atomic E-state index is 10.8. The van der Waals surface area contributed by atoms with Gasteiger partial charge in [0, 0.05) is 12.6 Å². The summed E-state index contributed by atoms with van der Waals surface area (Å²) in [5.74, 6) is 0.539. The van der Waals surface area contributed by atoms with Gasteiger partial charge in [0.1, 0.15) is 5.75 Å². The van der Waals surface area contributed by atoms with Crippen LogP contribution in [-0.4, -0.2) is 26.7 Å². The first-order chi connectivity index (χ1) is 9.27. The fourth-order valence-electron chi connectivity index (χ4n) is 1.53. The van der Waals surface area contributed by atoms with Gasteiger partial charge in [-0.05, 0) is 30.3 Å². The lowest BCUT2D eigenvalue weighted by Gasteiger charge is -2.07. The second-order valence-electron chi connectivity index (χ2n) is 3.76. The molecule has 0 heterocycles. The average Bonchev–Trinajstić information content (AvgIpc) is 2.46. The molecule has 0 spiro atoms. The van der Waals surface area contributed by atoms with Crippen molar-refractivity contribution in [3.63, 3.8) is 0 Å². The standard InChI is InChI=1S/C15H19NO3/c1-18-14-8-4-3-7-13(14)10-12-16-11-6-5-9-15(17)19-2/h3-9,11,16H,10,12H2,1-2H3/b9-5+,11-6+. The van der Waals surface area contributed by atoms with E-state index in [2.05, 4.69) is 10.1 Å². The van der Waals surface area contributed by atoms with Gasteiger partial charge in [-0.3, -0.25) is 0 Å². The van der Waals surface area contributed by atoms with Crippen LogP contribution < -0.4 is 10.1 Å². The molecule has 19 heavy (non-hydrogen) atoms. The normalized spacial score (nSPS) is 10.8. The van der Waals surface area contributed by atoms with Crippen molar-refractivity contribution < 1.29 is 14.3 Å². The van der Waals surface area contributed by atoms with Gasteiger partial charge in [0.15, 0.2) is 0 Å². The fraction of sp³-hybridized carbons (Fsp3) is 0.267. The smallest absolute Gasteiger partial charge is 0.330 e. The molecule has 0 aromatic heterocycles. The molecule has 1 aromatic carbocycles. The van der Waals surface area contributed by atoms with Crippen LogP contribution in [0, 0.1) is 0 Å². The molecule has 1 rings (SSSR count). The summed E-state index contributed by atoms with van der Waals surface area (Å²) in [7, 11) is 3.02. The number of rotatable bonds is 7. The summed E-state index contributed by atoms with van der Waals surface area (Å²) < 4.78 is 9.74. The largest absolute Gasteiger partial charge is 0.496 e. The number of nitrogens with one attached hydrogen (secondary N) is 1. The molecule has 0 aliphatic carbocycles. The molecule has 0 amide bonds. The van der Waals surface area contributed by atoms with Crippen molar-refractivity contribution in [3.05, 3.63) is 54.3 Å². The van der Waals surface area contributed by atoms with E-state index in [0.717, 1.165) is 24.3 Å². The van der Waals surface area contributed by atoms with Gasteiger partial charge in [-0.15, -0.1) is 0 Å². The predicted molar refractivity (Wildman–Crippen MR) is 75.0 cm³/mol. The van der Waals surface area contributed by atoms with E-state index < -0.39 is 0 Å². The minimum atomic E-state index is -0.362. The molecule has 4 heteroatoms. The zero-order valence-corrected chi connectivity index (χ0v) is 11.3. The van der Waals surface area contributed by atoms with Crippen LogP contribution in [-0.2, 0) is 16.0 Å². The van der Waals surface area contributed by atoms with Gasteiger partial charge >= 0.3 is 5.97 Å². The van der Waals surface area contributed by atoms with E-state index in [1.807, 2.05) is 24.3 Å².